The van der Waals surface area contributed by atoms with E-state index in [4.69, 9.17) is 0 Å². The predicted octanol–water partition coefficient (Wildman–Crippen LogP) is 2.60. The van der Waals surface area contributed by atoms with E-state index in [0.29, 0.717) is 0 Å². The first kappa shape index (κ1) is 12.1. The minimum absolute atomic E-state index is 0.813. The molecule has 0 aromatic heterocycles. The van der Waals surface area contributed by atoms with Crippen LogP contribution >= 0.6 is 15.9 Å². The van der Waals surface area contributed by atoms with Crippen molar-refractivity contribution in [2.45, 2.75) is 32.4 Å². The molecule has 1 aromatic carbocycles. The van der Waals surface area contributed by atoms with Crippen molar-refractivity contribution in [3.63, 3.8) is 0 Å². The van der Waals surface area contributed by atoms with Crippen LogP contribution in [0.4, 0.5) is 0 Å². The molecule has 16 heavy (non-hydrogen) atoms. The van der Waals surface area contributed by atoms with E-state index in [1.165, 1.54) is 28.4 Å². The predicted molar refractivity (Wildman–Crippen MR) is 71.6 cm³/mol. The lowest BCUT2D eigenvalue weighted by Crippen LogP contribution is -2.28. The van der Waals surface area contributed by atoms with Gasteiger partial charge in [0, 0.05) is 30.1 Å². The lowest BCUT2D eigenvalue weighted by molar-refractivity contribution is 0.608. The van der Waals surface area contributed by atoms with Crippen LogP contribution in [0.2, 0.25) is 0 Å². The van der Waals surface area contributed by atoms with Gasteiger partial charge in [0.2, 0.25) is 0 Å². The van der Waals surface area contributed by atoms with Crippen LogP contribution in [0.1, 0.15) is 24.0 Å². The van der Waals surface area contributed by atoms with E-state index in [1.807, 2.05) is 0 Å². The molecule has 2 N–H and O–H groups in total. The van der Waals surface area contributed by atoms with Gasteiger partial charge in [-0.2, -0.15) is 0 Å². The van der Waals surface area contributed by atoms with Crippen LogP contribution < -0.4 is 10.6 Å². The van der Waals surface area contributed by atoms with E-state index in [1.54, 1.807) is 0 Å². The first-order valence-electron chi connectivity index (χ1n) is 5.95. The average molecular weight is 283 g/mol. The molecule has 2 nitrogen and oxygen atoms in total. The molecule has 1 fully saturated rings. The molecule has 2 rings (SSSR count). The quantitative estimate of drug-likeness (QED) is 0.784. The molecule has 1 aliphatic rings. The molecule has 0 bridgehead atoms. The van der Waals surface area contributed by atoms with Crippen molar-refractivity contribution in [3.8, 4) is 0 Å². The summed E-state index contributed by atoms with van der Waals surface area (Å²) in [5.41, 5.74) is 2.66. The Balaban J connectivity index is 1.69. The van der Waals surface area contributed by atoms with Gasteiger partial charge in [0.1, 0.15) is 0 Å². The van der Waals surface area contributed by atoms with E-state index in [0.717, 1.165) is 25.7 Å². The highest BCUT2D eigenvalue weighted by Crippen LogP contribution is 2.18. The number of aryl methyl sites for hydroxylation is 1. The van der Waals surface area contributed by atoms with Crippen LogP contribution in [-0.2, 0) is 6.54 Å². The molecule has 1 saturated carbocycles. The molecular formula is C13H19BrN2. The SMILES string of the molecule is Cc1ccc(Br)c(CNCCNC2CC2)c1. The Hall–Kier alpha value is -0.380. The minimum Gasteiger partial charge on any atom is -0.313 e. The highest BCUT2D eigenvalue weighted by molar-refractivity contribution is 9.10. The molecule has 1 aliphatic carbocycles. The van der Waals surface area contributed by atoms with Gasteiger partial charge in [0.25, 0.3) is 0 Å². The van der Waals surface area contributed by atoms with Gasteiger partial charge in [0.05, 0.1) is 0 Å². The monoisotopic (exact) mass is 282 g/mol. The van der Waals surface area contributed by atoms with E-state index in [9.17, 15) is 0 Å². The maximum Gasteiger partial charge on any atom is 0.0220 e. The van der Waals surface area contributed by atoms with Gasteiger partial charge >= 0.3 is 0 Å². The van der Waals surface area contributed by atoms with Gasteiger partial charge in [-0.15, -0.1) is 0 Å². The number of benzene rings is 1. The van der Waals surface area contributed by atoms with Crippen molar-refractivity contribution in [2.75, 3.05) is 13.1 Å². The first-order valence-corrected chi connectivity index (χ1v) is 6.74. The second kappa shape index (κ2) is 5.80. The van der Waals surface area contributed by atoms with Crippen molar-refractivity contribution >= 4 is 15.9 Å². The van der Waals surface area contributed by atoms with Crippen molar-refractivity contribution in [1.29, 1.82) is 0 Å². The highest BCUT2D eigenvalue weighted by Gasteiger charge is 2.19. The molecule has 0 atom stereocenters. The van der Waals surface area contributed by atoms with Crippen molar-refractivity contribution in [2.24, 2.45) is 0 Å². The number of nitrogens with one attached hydrogen (secondary N) is 2. The van der Waals surface area contributed by atoms with Crippen LogP contribution in [0.25, 0.3) is 0 Å². The van der Waals surface area contributed by atoms with Crippen LogP contribution in [0.3, 0.4) is 0 Å². The van der Waals surface area contributed by atoms with Crippen molar-refractivity contribution < 1.29 is 0 Å². The van der Waals surface area contributed by atoms with Crippen LogP contribution in [0.5, 0.6) is 0 Å². The minimum atomic E-state index is 0.813. The Bertz CT molecular complexity index is 348. The summed E-state index contributed by atoms with van der Waals surface area (Å²) in [6.45, 7) is 5.18. The zero-order valence-electron chi connectivity index (χ0n) is 9.72. The molecule has 1 aromatic rings. The maximum absolute atomic E-state index is 3.58. The number of hydrogen-bond acceptors (Lipinski definition) is 2. The third-order valence-electron chi connectivity index (χ3n) is 2.83. The van der Waals surface area contributed by atoms with E-state index in [-0.39, 0.29) is 0 Å². The molecule has 0 unspecified atom stereocenters. The van der Waals surface area contributed by atoms with E-state index in [2.05, 4.69) is 51.7 Å². The fourth-order valence-corrected chi connectivity index (χ4v) is 2.10. The van der Waals surface area contributed by atoms with Gasteiger partial charge in [-0.05, 0) is 31.4 Å². The molecule has 0 radical (unpaired) electrons. The summed E-state index contributed by atoms with van der Waals surface area (Å²) in [4.78, 5) is 0. The molecule has 0 spiro atoms. The zero-order valence-corrected chi connectivity index (χ0v) is 11.3. The molecule has 88 valence electrons. The van der Waals surface area contributed by atoms with Gasteiger partial charge < -0.3 is 10.6 Å². The lowest BCUT2D eigenvalue weighted by atomic mass is 10.1. The van der Waals surface area contributed by atoms with Gasteiger partial charge in [-0.3, -0.25) is 0 Å². The topological polar surface area (TPSA) is 24.1 Å². The van der Waals surface area contributed by atoms with Crippen molar-refractivity contribution in [3.05, 3.63) is 33.8 Å². The molecule has 0 heterocycles. The number of halogens is 1. The second-order valence-corrected chi connectivity index (χ2v) is 5.35. The third-order valence-corrected chi connectivity index (χ3v) is 3.60. The highest BCUT2D eigenvalue weighted by atomic mass is 79.9. The summed E-state index contributed by atoms with van der Waals surface area (Å²) in [6.07, 6.45) is 2.73. The summed E-state index contributed by atoms with van der Waals surface area (Å²) in [7, 11) is 0. The Morgan fingerprint density at radius 1 is 1.31 bits per heavy atom. The molecule has 0 aliphatic heterocycles. The van der Waals surface area contributed by atoms with Gasteiger partial charge in [-0.1, -0.05) is 33.6 Å². The Morgan fingerprint density at radius 2 is 2.12 bits per heavy atom. The van der Waals surface area contributed by atoms with Crippen LogP contribution in [-0.4, -0.2) is 19.1 Å². The molecule has 3 heteroatoms. The molecule has 0 amide bonds. The van der Waals surface area contributed by atoms with Gasteiger partial charge in [0.15, 0.2) is 0 Å². The normalized spacial score (nSPS) is 15.4. The zero-order chi connectivity index (χ0) is 11.4. The maximum atomic E-state index is 3.58. The summed E-state index contributed by atoms with van der Waals surface area (Å²) >= 11 is 3.58. The van der Waals surface area contributed by atoms with Gasteiger partial charge in [-0.25, -0.2) is 0 Å². The summed E-state index contributed by atoms with van der Waals surface area (Å²) in [5, 5.41) is 6.96. The summed E-state index contributed by atoms with van der Waals surface area (Å²) in [5.74, 6) is 0. The van der Waals surface area contributed by atoms with E-state index >= 15 is 0 Å². The average Bonchev–Trinajstić information content (AvgIpc) is 3.06. The summed E-state index contributed by atoms with van der Waals surface area (Å²) in [6, 6.07) is 7.29. The van der Waals surface area contributed by atoms with Crippen LogP contribution in [0, 0.1) is 6.92 Å². The van der Waals surface area contributed by atoms with E-state index < -0.39 is 0 Å². The fraction of sp³-hybridized carbons (Fsp3) is 0.538. The Morgan fingerprint density at radius 3 is 2.88 bits per heavy atom. The third kappa shape index (κ3) is 3.89. The smallest absolute Gasteiger partial charge is 0.0220 e. The lowest BCUT2D eigenvalue weighted by Gasteiger charge is -2.08. The molecular weight excluding hydrogens is 264 g/mol. The number of hydrogen-bond donors (Lipinski definition) is 2. The van der Waals surface area contributed by atoms with Crippen LogP contribution in [0.15, 0.2) is 22.7 Å². The standard InChI is InChI=1S/C13H19BrN2/c1-10-2-5-13(14)11(8-10)9-15-6-7-16-12-3-4-12/h2,5,8,12,15-16H,3-4,6-7,9H2,1H3. The number of rotatable bonds is 6. The van der Waals surface area contributed by atoms with Crippen molar-refractivity contribution in [1.82, 2.24) is 10.6 Å². The largest absolute Gasteiger partial charge is 0.313 e. The summed E-state index contributed by atoms with van der Waals surface area (Å²) < 4.78 is 1.20. The first-order chi connectivity index (χ1) is 7.75. The second-order valence-electron chi connectivity index (χ2n) is 4.50. The Kier molecular flexibility index (Phi) is 4.38. The Labute approximate surface area is 106 Å². The molecule has 0 saturated heterocycles. The fourth-order valence-electron chi connectivity index (χ4n) is 1.71.